The summed E-state index contributed by atoms with van der Waals surface area (Å²) in [5.41, 5.74) is 4.68. The van der Waals surface area contributed by atoms with Gasteiger partial charge in [-0.25, -0.2) is 8.78 Å². The molecule has 4 rings (SSSR count). The molecule has 1 aliphatic carbocycles. The molecule has 0 aromatic heterocycles. The summed E-state index contributed by atoms with van der Waals surface area (Å²) in [5.74, 6) is 0.253. The molecular formula is C32H37F3. The number of alkyl halides is 1. The van der Waals surface area contributed by atoms with Crippen LogP contribution in [0.1, 0.15) is 81.8 Å². The zero-order valence-corrected chi connectivity index (χ0v) is 20.8. The average Bonchev–Trinajstić information content (AvgIpc) is 2.88. The lowest BCUT2D eigenvalue weighted by atomic mass is 9.77. The Balaban J connectivity index is 1.43. The lowest BCUT2D eigenvalue weighted by molar-refractivity contribution is 0.298. The number of unbranched alkanes of at least 4 members (excludes halogenated alkanes) is 2. The highest BCUT2D eigenvalue weighted by atomic mass is 19.1. The number of halogens is 3. The molecule has 0 aliphatic heterocycles. The molecule has 0 nitrogen and oxygen atoms in total. The zero-order chi connectivity index (χ0) is 24.6. The summed E-state index contributed by atoms with van der Waals surface area (Å²) in [7, 11) is 0. The van der Waals surface area contributed by atoms with Crippen LogP contribution in [0, 0.1) is 17.6 Å². The van der Waals surface area contributed by atoms with Gasteiger partial charge < -0.3 is 0 Å². The van der Waals surface area contributed by atoms with E-state index in [1.807, 2.05) is 24.3 Å². The van der Waals surface area contributed by atoms with Gasteiger partial charge in [-0.1, -0.05) is 74.7 Å². The number of rotatable bonds is 10. The molecule has 1 saturated carbocycles. The van der Waals surface area contributed by atoms with E-state index in [1.165, 1.54) is 11.6 Å². The van der Waals surface area contributed by atoms with Crippen LogP contribution in [0.15, 0.2) is 60.7 Å². The predicted octanol–water partition coefficient (Wildman–Crippen LogP) is 10.1. The third-order valence-electron chi connectivity index (χ3n) is 7.67. The molecule has 3 heteroatoms. The molecule has 35 heavy (non-hydrogen) atoms. The van der Waals surface area contributed by atoms with Gasteiger partial charge in [0.15, 0.2) is 0 Å². The maximum atomic E-state index is 15.1. The Morgan fingerprint density at radius 2 is 1.37 bits per heavy atom. The van der Waals surface area contributed by atoms with Crippen molar-refractivity contribution in [2.75, 3.05) is 6.67 Å². The molecule has 0 radical (unpaired) electrons. The summed E-state index contributed by atoms with van der Waals surface area (Å²) < 4.78 is 42.5. The van der Waals surface area contributed by atoms with Crippen molar-refractivity contribution < 1.29 is 13.2 Å². The number of hydrogen-bond acceptors (Lipinski definition) is 0. The molecular weight excluding hydrogens is 441 g/mol. The van der Waals surface area contributed by atoms with Gasteiger partial charge in [-0.15, -0.1) is 0 Å². The Morgan fingerprint density at radius 1 is 0.714 bits per heavy atom. The van der Waals surface area contributed by atoms with Gasteiger partial charge in [-0.3, -0.25) is 4.39 Å². The smallest absolute Gasteiger partial charge is 0.131 e. The molecule has 3 aromatic carbocycles. The Morgan fingerprint density at radius 3 is 2.00 bits per heavy atom. The van der Waals surface area contributed by atoms with Crippen molar-refractivity contribution in [3.05, 3.63) is 83.4 Å². The summed E-state index contributed by atoms with van der Waals surface area (Å²) in [5, 5.41) is 0. The van der Waals surface area contributed by atoms with Gasteiger partial charge in [0.05, 0.1) is 6.67 Å². The van der Waals surface area contributed by atoms with E-state index in [-0.39, 0.29) is 12.5 Å². The first-order valence-corrected chi connectivity index (χ1v) is 13.3. The van der Waals surface area contributed by atoms with Crippen LogP contribution in [0.2, 0.25) is 0 Å². The van der Waals surface area contributed by atoms with Crippen LogP contribution < -0.4 is 0 Å². The summed E-state index contributed by atoms with van der Waals surface area (Å²) in [6.07, 6.45) is 10.4. The standard InChI is InChI=1S/C32H37F3/c1-2-3-6-23-8-12-25(13-9-23)27-16-18-29(31(34)21-27)30-19-17-28(22-32(30)35)26-14-10-24(11-15-26)7-4-5-20-33/h8-9,12-13,16-19,21-22,24,26H,2-7,10-11,14-15,20H2,1H3/t24-,26-. The van der Waals surface area contributed by atoms with Crippen molar-refractivity contribution in [3.63, 3.8) is 0 Å². The monoisotopic (exact) mass is 478 g/mol. The van der Waals surface area contributed by atoms with Crippen LogP contribution in [0.3, 0.4) is 0 Å². The van der Waals surface area contributed by atoms with Crippen molar-refractivity contribution in [1.82, 2.24) is 0 Å². The Bertz CT molecular complexity index is 1080. The highest BCUT2D eigenvalue weighted by Crippen LogP contribution is 2.39. The van der Waals surface area contributed by atoms with Crippen LogP contribution in [0.25, 0.3) is 22.3 Å². The normalized spacial score (nSPS) is 18.1. The van der Waals surface area contributed by atoms with Gasteiger partial charge >= 0.3 is 0 Å². The molecule has 0 bridgehead atoms. The minimum atomic E-state index is -0.405. The van der Waals surface area contributed by atoms with Gasteiger partial charge in [0.25, 0.3) is 0 Å². The number of hydrogen-bond donors (Lipinski definition) is 0. The summed E-state index contributed by atoms with van der Waals surface area (Å²) >= 11 is 0. The third kappa shape index (κ3) is 6.57. The lowest BCUT2D eigenvalue weighted by Crippen LogP contribution is -2.13. The summed E-state index contributed by atoms with van der Waals surface area (Å²) in [6.45, 7) is 1.95. The van der Waals surface area contributed by atoms with E-state index in [4.69, 9.17) is 0 Å². The van der Waals surface area contributed by atoms with Crippen LogP contribution >= 0.6 is 0 Å². The quantitative estimate of drug-likeness (QED) is 0.254. The fourth-order valence-corrected chi connectivity index (χ4v) is 5.47. The molecule has 0 heterocycles. The first-order valence-electron chi connectivity index (χ1n) is 13.3. The fraction of sp³-hybridized carbons (Fsp3) is 0.438. The Kier molecular flexibility index (Phi) is 9.06. The van der Waals surface area contributed by atoms with E-state index >= 15 is 8.78 Å². The maximum absolute atomic E-state index is 15.1. The molecule has 0 N–H and O–H groups in total. The molecule has 0 unspecified atom stereocenters. The van der Waals surface area contributed by atoms with Crippen LogP contribution in [0.4, 0.5) is 13.2 Å². The first kappa shape index (κ1) is 25.5. The molecule has 1 aliphatic rings. The second-order valence-electron chi connectivity index (χ2n) is 10.1. The van der Waals surface area contributed by atoms with Gasteiger partial charge in [0, 0.05) is 11.1 Å². The van der Waals surface area contributed by atoms with Crippen LogP contribution in [0.5, 0.6) is 0 Å². The van der Waals surface area contributed by atoms with Crippen molar-refractivity contribution in [1.29, 1.82) is 0 Å². The van der Waals surface area contributed by atoms with Crippen LogP contribution in [-0.4, -0.2) is 6.67 Å². The lowest BCUT2D eigenvalue weighted by Gasteiger charge is -2.29. The highest BCUT2D eigenvalue weighted by molar-refractivity contribution is 5.71. The second kappa shape index (κ2) is 12.4. The highest BCUT2D eigenvalue weighted by Gasteiger charge is 2.23. The minimum absolute atomic E-state index is 0.226. The second-order valence-corrected chi connectivity index (χ2v) is 10.1. The molecule has 0 saturated heterocycles. The van der Waals surface area contributed by atoms with E-state index in [9.17, 15) is 4.39 Å². The Hall–Kier alpha value is -2.55. The van der Waals surface area contributed by atoms with E-state index in [0.717, 1.165) is 74.5 Å². The SMILES string of the molecule is CCCCc1ccc(-c2ccc(-c3ccc([C@H]4CC[C@H](CCCCF)CC4)cc3F)c(F)c2)cc1. The van der Waals surface area contributed by atoms with Gasteiger partial charge in [0.1, 0.15) is 11.6 Å². The molecule has 0 spiro atoms. The predicted molar refractivity (Wildman–Crippen MR) is 140 cm³/mol. The summed E-state index contributed by atoms with van der Waals surface area (Å²) in [6, 6.07) is 18.6. The fourth-order valence-electron chi connectivity index (χ4n) is 5.47. The van der Waals surface area contributed by atoms with E-state index < -0.39 is 5.82 Å². The average molecular weight is 479 g/mol. The molecule has 186 valence electrons. The van der Waals surface area contributed by atoms with E-state index in [0.29, 0.717) is 29.4 Å². The van der Waals surface area contributed by atoms with Crippen LogP contribution in [-0.2, 0) is 6.42 Å². The number of benzene rings is 3. The minimum Gasteiger partial charge on any atom is -0.251 e. The largest absolute Gasteiger partial charge is 0.251 e. The van der Waals surface area contributed by atoms with Gasteiger partial charge in [-0.05, 0) is 91.2 Å². The third-order valence-corrected chi connectivity index (χ3v) is 7.67. The van der Waals surface area contributed by atoms with Crippen molar-refractivity contribution >= 4 is 0 Å². The van der Waals surface area contributed by atoms with Crippen molar-refractivity contribution in [2.24, 2.45) is 5.92 Å². The van der Waals surface area contributed by atoms with Crippen molar-refractivity contribution in [3.8, 4) is 22.3 Å². The number of aryl methyl sites for hydroxylation is 1. The Labute approximate surface area is 208 Å². The summed E-state index contributed by atoms with van der Waals surface area (Å²) in [4.78, 5) is 0. The molecule has 0 amide bonds. The molecule has 1 fully saturated rings. The maximum Gasteiger partial charge on any atom is 0.131 e. The van der Waals surface area contributed by atoms with E-state index in [1.54, 1.807) is 18.2 Å². The van der Waals surface area contributed by atoms with Gasteiger partial charge in [0.2, 0.25) is 0 Å². The van der Waals surface area contributed by atoms with E-state index in [2.05, 4.69) is 19.1 Å². The zero-order valence-electron chi connectivity index (χ0n) is 20.8. The van der Waals surface area contributed by atoms with Crippen molar-refractivity contribution in [2.45, 2.75) is 77.0 Å². The molecule has 3 aromatic rings. The molecule has 0 atom stereocenters. The van der Waals surface area contributed by atoms with Gasteiger partial charge in [-0.2, -0.15) is 0 Å². The first-order chi connectivity index (χ1) is 17.1. The topological polar surface area (TPSA) is 0 Å².